The molecule has 0 bridgehead atoms. The van der Waals surface area contributed by atoms with Gasteiger partial charge in [-0.05, 0) is 82.2 Å². The molecule has 0 atom stereocenters. The highest BCUT2D eigenvalue weighted by Crippen LogP contribution is 2.40. The summed E-state index contributed by atoms with van der Waals surface area (Å²) < 4.78 is 6.43. The van der Waals surface area contributed by atoms with Crippen molar-refractivity contribution in [2.45, 2.75) is 0 Å². The Morgan fingerprint density at radius 3 is 1.66 bits per heavy atom. The first-order valence-corrected chi connectivity index (χ1v) is 14.8. The number of oxazole rings is 1. The summed E-state index contributed by atoms with van der Waals surface area (Å²) in [5.74, 6) is 0.627. The van der Waals surface area contributed by atoms with Crippen LogP contribution in [0.2, 0.25) is 0 Å². The van der Waals surface area contributed by atoms with Crippen LogP contribution in [-0.2, 0) is 0 Å². The van der Waals surface area contributed by atoms with E-state index in [0.717, 1.165) is 44.5 Å². The number of benzene rings is 7. The molecular formula is C41H28N2O. The number of hydrogen-bond donors (Lipinski definition) is 0. The minimum Gasteiger partial charge on any atom is -0.435 e. The van der Waals surface area contributed by atoms with Crippen LogP contribution in [-0.4, -0.2) is 4.98 Å². The molecule has 1 heterocycles. The molecule has 3 nitrogen and oxygen atoms in total. The molecule has 208 valence electrons. The number of hydrogen-bond acceptors (Lipinski definition) is 3. The lowest BCUT2D eigenvalue weighted by molar-refractivity contribution is 0.623. The number of rotatable bonds is 6. The van der Waals surface area contributed by atoms with Gasteiger partial charge in [0.25, 0.3) is 0 Å². The second kappa shape index (κ2) is 11.0. The summed E-state index contributed by atoms with van der Waals surface area (Å²) in [4.78, 5) is 7.14. The fraction of sp³-hybridized carbons (Fsp3) is 0. The molecule has 0 aliphatic rings. The van der Waals surface area contributed by atoms with Crippen LogP contribution in [0.4, 0.5) is 17.1 Å². The van der Waals surface area contributed by atoms with Crippen molar-refractivity contribution in [2.24, 2.45) is 0 Å². The summed E-state index contributed by atoms with van der Waals surface area (Å²) in [6, 6.07) is 59.3. The molecule has 3 heteroatoms. The predicted octanol–water partition coefficient (Wildman–Crippen LogP) is 11.5. The van der Waals surface area contributed by atoms with Crippen molar-refractivity contribution in [2.75, 3.05) is 4.90 Å². The summed E-state index contributed by atoms with van der Waals surface area (Å²) in [5, 5.41) is 2.13. The molecular weight excluding hydrogens is 536 g/mol. The fourth-order valence-corrected chi connectivity index (χ4v) is 5.87. The third kappa shape index (κ3) is 4.81. The number of nitrogens with zero attached hydrogens (tertiary/aromatic N) is 2. The molecule has 7 aromatic carbocycles. The monoisotopic (exact) mass is 564 g/mol. The van der Waals surface area contributed by atoms with Gasteiger partial charge in [0.15, 0.2) is 5.58 Å². The lowest BCUT2D eigenvalue weighted by Gasteiger charge is -2.26. The van der Waals surface area contributed by atoms with Gasteiger partial charge in [-0.25, -0.2) is 4.98 Å². The van der Waals surface area contributed by atoms with E-state index in [1.165, 1.54) is 22.3 Å². The van der Waals surface area contributed by atoms with Crippen LogP contribution in [0.1, 0.15) is 0 Å². The Balaban J connectivity index is 1.29. The van der Waals surface area contributed by atoms with Crippen LogP contribution >= 0.6 is 0 Å². The van der Waals surface area contributed by atoms with Crippen LogP contribution in [0, 0.1) is 0 Å². The standard InChI is InChI=1S/C41H28N2O/c1-4-11-29(12-5-1)31-19-23-35(24-20-31)43(36-18-10-17-34(27-36)30-13-6-2-7-14-30)37-25-21-32-22-26-39-40(38(32)28-37)44-41(42-39)33-15-8-3-9-16-33/h1-28H. The first-order valence-electron chi connectivity index (χ1n) is 14.8. The van der Waals surface area contributed by atoms with Crippen LogP contribution in [0.15, 0.2) is 174 Å². The summed E-state index contributed by atoms with van der Waals surface area (Å²) in [5.41, 5.74) is 10.5. The van der Waals surface area contributed by atoms with Gasteiger partial charge < -0.3 is 9.32 Å². The third-order valence-electron chi connectivity index (χ3n) is 8.08. The number of aromatic nitrogens is 1. The molecule has 0 saturated carbocycles. The fourth-order valence-electron chi connectivity index (χ4n) is 5.87. The lowest BCUT2D eigenvalue weighted by atomic mass is 10.0. The van der Waals surface area contributed by atoms with Crippen LogP contribution < -0.4 is 4.90 Å². The van der Waals surface area contributed by atoms with Crippen molar-refractivity contribution in [1.82, 2.24) is 4.98 Å². The maximum absolute atomic E-state index is 6.43. The van der Waals surface area contributed by atoms with Crippen molar-refractivity contribution in [3.8, 4) is 33.7 Å². The molecule has 44 heavy (non-hydrogen) atoms. The number of fused-ring (bicyclic) bond motifs is 3. The average Bonchev–Trinajstić information content (AvgIpc) is 3.55. The summed E-state index contributed by atoms with van der Waals surface area (Å²) in [6.45, 7) is 0. The van der Waals surface area contributed by atoms with E-state index in [9.17, 15) is 0 Å². The molecule has 0 radical (unpaired) electrons. The summed E-state index contributed by atoms with van der Waals surface area (Å²) >= 11 is 0. The van der Waals surface area contributed by atoms with Gasteiger partial charge >= 0.3 is 0 Å². The van der Waals surface area contributed by atoms with E-state index in [0.29, 0.717) is 5.89 Å². The van der Waals surface area contributed by atoms with E-state index >= 15 is 0 Å². The molecule has 0 fully saturated rings. The minimum atomic E-state index is 0.627. The van der Waals surface area contributed by atoms with Crippen molar-refractivity contribution >= 4 is 38.9 Å². The first-order chi connectivity index (χ1) is 21.8. The average molecular weight is 565 g/mol. The van der Waals surface area contributed by atoms with Gasteiger partial charge in [-0.15, -0.1) is 0 Å². The van der Waals surface area contributed by atoms with Gasteiger partial charge in [-0.2, -0.15) is 0 Å². The van der Waals surface area contributed by atoms with Gasteiger partial charge in [0.2, 0.25) is 5.89 Å². The first kappa shape index (κ1) is 25.8. The molecule has 0 N–H and O–H groups in total. The highest BCUT2D eigenvalue weighted by molar-refractivity contribution is 6.05. The molecule has 0 aliphatic heterocycles. The normalized spacial score (nSPS) is 11.2. The zero-order chi connectivity index (χ0) is 29.3. The van der Waals surface area contributed by atoms with Crippen LogP contribution in [0.3, 0.4) is 0 Å². The maximum Gasteiger partial charge on any atom is 0.227 e. The molecule has 0 saturated heterocycles. The van der Waals surface area contributed by atoms with Crippen molar-refractivity contribution < 1.29 is 4.42 Å². The Kier molecular flexibility index (Phi) is 6.47. The van der Waals surface area contributed by atoms with Crippen LogP contribution in [0.5, 0.6) is 0 Å². The van der Waals surface area contributed by atoms with E-state index in [2.05, 4.69) is 132 Å². The van der Waals surface area contributed by atoms with E-state index < -0.39 is 0 Å². The second-order valence-electron chi connectivity index (χ2n) is 10.9. The quantitative estimate of drug-likeness (QED) is 0.201. The highest BCUT2D eigenvalue weighted by Gasteiger charge is 2.17. The lowest BCUT2D eigenvalue weighted by Crippen LogP contribution is -2.10. The second-order valence-corrected chi connectivity index (χ2v) is 10.9. The van der Waals surface area contributed by atoms with Gasteiger partial charge in [0, 0.05) is 28.0 Å². The minimum absolute atomic E-state index is 0.627. The molecule has 8 rings (SSSR count). The largest absolute Gasteiger partial charge is 0.435 e. The molecule has 0 unspecified atom stereocenters. The Bertz CT molecular complexity index is 2200. The third-order valence-corrected chi connectivity index (χ3v) is 8.08. The Labute approximate surface area is 256 Å². The molecule has 1 aromatic heterocycles. The zero-order valence-electron chi connectivity index (χ0n) is 24.0. The SMILES string of the molecule is c1ccc(-c2ccc(N(c3cccc(-c4ccccc4)c3)c3ccc4ccc5nc(-c6ccccc6)oc5c4c3)cc2)cc1. The van der Waals surface area contributed by atoms with E-state index in [1.54, 1.807) is 0 Å². The summed E-state index contributed by atoms with van der Waals surface area (Å²) in [6.07, 6.45) is 0. The van der Waals surface area contributed by atoms with Gasteiger partial charge in [0.05, 0.1) is 0 Å². The Morgan fingerprint density at radius 1 is 0.409 bits per heavy atom. The Hall–Kier alpha value is -5.93. The van der Waals surface area contributed by atoms with Crippen molar-refractivity contribution in [3.05, 3.63) is 170 Å². The van der Waals surface area contributed by atoms with E-state index in [1.807, 2.05) is 42.5 Å². The van der Waals surface area contributed by atoms with Gasteiger partial charge in [-0.1, -0.05) is 115 Å². The van der Waals surface area contributed by atoms with E-state index in [4.69, 9.17) is 9.40 Å². The summed E-state index contributed by atoms with van der Waals surface area (Å²) in [7, 11) is 0. The molecule has 0 aliphatic carbocycles. The smallest absolute Gasteiger partial charge is 0.227 e. The molecule has 0 spiro atoms. The Morgan fingerprint density at radius 2 is 0.955 bits per heavy atom. The van der Waals surface area contributed by atoms with Crippen molar-refractivity contribution in [3.63, 3.8) is 0 Å². The predicted molar refractivity (Wildman–Crippen MR) is 183 cm³/mol. The number of anilines is 3. The van der Waals surface area contributed by atoms with Gasteiger partial charge in [-0.3, -0.25) is 0 Å². The zero-order valence-corrected chi connectivity index (χ0v) is 24.0. The topological polar surface area (TPSA) is 29.3 Å². The van der Waals surface area contributed by atoms with Gasteiger partial charge in [0.1, 0.15) is 5.52 Å². The van der Waals surface area contributed by atoms with E-state index in [-0.39, 0.29) is 0 Å². The molecule has 8 aromatic rings. The van der Waals surface area contributed by atoms with Crippen LogP contribution in [0.25, 0.3) is 55.6 Å². The maximum atomic E-state index is 6.43. The van der Waals surface area contributed by atoms with Crippen molar-refractivity contribution in [1.29, 1.82) is 0 Å². The molecule has 0 amide bonds. The highest BCUT2D eigenvalue weighted by atomic mass is 16.3.